The SMILES string of the molecule is CCOCc1nc(NN)cc(NC(C)c2cccs2)n1. The summed E-state index contributed by atoms with van der Waals surface area (Å²) in [6, 6.07) is 6.08. The fourth-order valence-corrected chi connectivity index (χ4v) is 2.47. The average molecular weight is 293 g/mol. The predicted octanol–water partition coefficient (Wildman–Crippen LogP) is 2.53. The van der Waals surface area contributed by atoms with Crippen LogP contribution in [-0.4, -0.2) is 16.6 Å². The molecule has 0 aliphatic carbocycles. The highest BCUT2D eigenvalue weighted by atomic mass is 32.1. The van der Waals surface area contributed by atoms with E-state index >= 15 is 0 Å². The maximum atomic E-state index is 5.43. The number of aromatic nitrogens is 2. The summed E-state index contributed by atoms with van der Waals surface area (Å²) in [6.45, 7) is 5.01. The molecule has 0 bridgehead atoms. The van der Waals surface area contributed by atoms with Crippen molar-refractivity contribution in [3.05, 3.63) is 34.3 Å². The molecule has 0 aliphatic rings. The molecule has 108 valence electrons. The van der Waals surface area contributed by atoms with Crippen molar-refractivity contribution < 1.29 is 4.74 Å². The van der Waals surface area contributed by atoms with Gasteiger partial charge in [-0.05, 0) is 25.3 Å². The number of hydrogen-bond donors (Lipinski definition) is 3. The Labute approximate surface area is 122 Å². The van der Waals surface area contributed by atoms with Crippen LogP contribution in [0, 0.1) is 0 Å². The lowest BCUT2D eigenvalue weighted by molar-refractivity contribution is 0.128. The number of nitrogen functional groups attached to an aromatic ring is 1. The first-order valence-electron chi connectivity index (χ1n) is 6.45. The zero-order valence-electron chi connectivity index (χ0n) is 11.6. The smallest absolute Gasteiger partial charge is 0.158 e. The quantitative estimate of drug-likeness (QED) is 0.537. The molecule has 2 aromatic heterocycles. The van der Waals surface area contributed by atoms with Crippen LogP contribution in [0.3, 0.4) is 0 Å². The summed E-state index contributed by atoms with van der Waals surface area (Å²) >= 11 is 1.71. The molecule has 2 heterocycles. The van der Waals surface area contributed by atoms with E-state index in [2.05, 4.69) is 39.1 Å². The van der Waals surface area contributed by atoms with Gasteiger partial charge in [0.25, 0.3) is 0 Å². The maximum absolute atomic E-state index is 5.43. The fraction of sp³-hybridized carbons (Fsp3) is 0.385. The third kappa shape index (κ3) is 3.89. The van der Waals surface area contributed by atoms with Crippen LogP contribution in [0.15, 0.2) is 23.6 Å². The monoisotopic (exact) mass is 293 g/mol. The summed E-state index contributed by atoms with van der Waals surface area (Å²) in [5, 5.41) is 5.40. The largest absolute Gasteiger partial charge is 0.374 e. The minimum Gasteiger partial charge on any atom is -0.374 e. The van der Waals surface area contributed by atoms with E-state index < -0.39 is 0 Å². The highest BCUT2D eigenvalue weighted by molar-refractivity contribution is 7.10. The van der Waals surface area contributed by atoms with Crippen LogP contribution in [0.4, 0.5) is 11.6 Å². The van der Waals surface area contributed by atoms with E-state index in [1.807, 2.05) is 13.0 Å². The van der Waals surface area contributed by atoms with E-state index in [0.29, 0.717) is 24.9 Å². The zero-order chi connectivity index (χ0) is 14.4. The zero-order valence-corrected chi connectivity index (χ0v) is 12.4. The lowest BCUT2D eigenvalue weighted by atomic mass is 10.3. The molecule has 0 radical (unpaired) electrons. The molecule has 0 aromatic carbocycles. The Kier molecular flexibility index (Phi) is 5.28. The van der Waals surface area contributed by atoms with Gasteiger partial charge < -0.3 is 15.5 Å². The first-order chi connectivity index (χ1) is 9.72. The molecule has 1 unspecified atom stereocenters. The standard InChI is InChI=1S/C13H19N5OS/c1-3-19-8-13-16-11(7-12(17-13)18-14)15-9(2)10-5-4-6-20-10/h4-7,9H,3,8,14H2,1-2H3,(H2,15,16,17,18). The molecule has 0 amide bonds. The molecule has 7 heteroatoms. The molecule has 0 saturated carbocycles. The van der Waals surface area contributed by atoms with Gasteiger partial charge in [0, 0.05) is 17.6 Å². The van der Waals surface area contributed by atoms with Gasteiger partial charge in [-0.25, -0.2) is 15.8 Å². The van der Waals surface area contributed by atoms with Crippen molar-refractivity contribution in [3.63, 3.8) is 0 Å². The number of ether oxygens (including phenoxy) is 1. The second-order valence-electron chi connectivity index (χ2n) is 4.22. The second-order valence-corrected chi connectivity index (χ2v) is 5.20. The van der Waals surface area contributed by atoms with Crippen LogP contribution >= 0.6 is 11.3 Å². The number of anilines is 2. The van der Waals surface area contributed by atoms with Crippen LogP contribution in [0.2, 0.25) is 0 Å². The summed E-state index contributed by atoms with van der Waals surface area (Å²) in [4.78, 5) is 9.93. The van der Waals surface area contributed by atoms with Crippen molar-refractivity contribution in [2.75, 3.05) is 17.3 Å². The Morgan fingerprint density at radius 1 is 1.40 bits per heavy atom. The number of nitrogens with zero attached hydrogens (tertiary/aromatic N) is 2. The molecule has 0 saturated heterocycles. The van der Waals surface area contributed by atoms with Crippen LogP contribution in [-0.2, 0) is 11.3 Å². The van der Waals surface area contributed by atoms with Gasteiger partial charge in [0.2, 0.25) is 0 Å². The summed E-state index contributed by atoms with van der Waals surface area (Å²) in [7, 11) is 0. The minimum atomic E-state index is 0.176. The van der Waals surface area contributed by atoms with Gasteiger partial charge in [-0.2, -0.15) is 0 Å². The van der Waals surface area contributed by atoms with Crippen LogP contribution < -0.4 is 16.6 Å². The van der Waals surface area contributed by atoms with E-state index in [4.69, 9.17) is 10.6 Å². The molecule has 0 fully saturated rings. The maximum Gasteiger partial charge on any atom is 0.158 e. The van der Waals surface area contributed by atoms with Gasteiger partial charge >= 0.3 is 0 Å². The number of hydrazine groups is 1. The Hall–Kier alpha value is -1.70. The normalized spacial score (nSPS) is 12.2. The predicted molar refractivity (Wildman–Crippen MR) is 81.5 cm³/mol. The molecule has 0 aliphatic heterocycles. The number of nitrogens with one attached hydrogen (secondary N) is 2. The van der Waals surface area contributed by atoms with Crippen LogP contribution in [0.1, 0.15) is 30.6 Å². The van der Waals surface area contributed by atoms with Crippen molar-refractivity contribution in [1.29, 1.82) is 0 Å². The first kappa shape index (κ1) is 14.7. The summed E-state index contributed by atoms with van der Waals surface area (Å²) in [6.07, 6.45) is 0. The Morgan fingerprint density at radius 2 is 2.20 bits per heavy atom. The molecule has 4 N–H and O–H groups in total. The lowest BCUT2D eigenvalue weighted by Crippen LogP contribution is -2.14. The van der Waals surface area contributed by atoms with Crippen LogP contribution in [0.5, 0.6) is 0 Å². The summed E-state index contributed by atoms with van der Waals surface area (Å²) in [5.74, 6) is 7.33. The van der Waals surface area contributed by atoms with Gasteiger partial charge in [-0.15, -0.1) is 11.3 Å². The number of hydrogen-bond acceptors (Lipinski definition) is 7. The Morgan fingerprint density at radius 3 is 2.85 bits per heavy atom. The molecule has 0 spiro atoms. The highest BCUT2D eigenvalue weighted by Gasteiger charge is 2.09. The van der Waals surface area contributed by atoms with E-state index in [0.717, 1.165) is 5.82 Å². The van der Waals surface area contributed by atoms with Gasteiger partial charge in [-0.1, -0.05) is 6.07 Å². The molecule has 2 aromatic rings. The van der Waals surface area contributed by atoms with Crippen molar-refractivity contribution in [2.24, 2.45) is 5.84 Å². The molecular formula is C13H19N5OS. The molecule has 1 atom stereocenters. The van der Waals surface area contributed by atoms with Gasteiger partial charge in [0.05, 0.1) is 6.04 Å². The second kappa shape index (κ2) is 7.18. The van der Waals surface area contributed by atoms with E-state index in [-0.39, 0.29) is 6.04 Å². The molecule has 2 rings (SSSR count). The molecular weight excluding hydrogens is 274 g/mol. The van der Waals surface area contributed by atoms with Crippen molar-refractivity contribution in [1.82, 2.24) is 9.97 Å². The highest BCUT2D eigenvalue weighted by Crippen LogP contribution is 2.23. The van der Waals surface area contributed by atoms with E-state index in [1.165, 1.54) is 4.88 Å². The molecule has 6 nitrogen and oxygen atoms in total. The summed E-state index contributed by atoms with van der Waals surface area (Å²) < 4.78 is 5.33. The van der Waals surface area contributed by atoms with Crippen molar-refractivity contribution in [2.45, 2.75) is 26.5 Å². The topological polar surface area (TPSA) is 85.1 Å². The number of rotatable bonds is 7. The third-order valence-corrected chi connectivity index (χ3v) is 3.74. The summed E-state index contributed by atoms with van der Waals surface area (Å²) in [5.41, 5.74) is 2.55. The Bertz CT molecular complexity index is 532. The fourth-order valence-electron chi connectivity index (χ4n) is 1.73. The van der Waals surface area contributed by atoms with Crippen molar-refractivity contribution in [3.8, 4) is 0 Å². The van der Waals surface area contributed by atoms with Crippen LogP contribution in [0.25, 0.3) is 0 Å². The van der Waals surface area contributed by atoms with Gasteiger partial charge in [0.15, 0.2) is 5.82 Å². The average Bonchev–Trinajstić information content (AvgIpc) is 2.99. The number of nitrogens with two attached hydrogens (primary N) is 1. The van der Waals surface area contributed by atoms with Gasteiger partial charge in [0.1, 0.15) is 18.2 Å². The molecule has 20 heavy (non-hydrogen) atoms. The first-order valence-corrected chi connectivity index (χ1v) is 7.33. The minimum absolute atomic E-state index is 0.176. The number of thiophene rings is 1. The third-order valence-electron chi connectivity index (χ3n) is 2.69. The van der Waals surface area contributed by atoms with E-state index in [1.54, 1.807) is 17.4 Å². The lowest BCUT2D eigenvalue weighted by Gasteiger charge is -2.14. The van der Waals surface area contributed by atoms with Gasteiger partial charge in [-0.3, -0.25) is 0 Å². The Balaban J connectivity index is 2.13. The van der Waals surface area contributed by atoms with Crippen molar-refractivity contribution >= 4 is 23.0 Å². The van der Waals surface area contributed by atoms with E-state index in [9.17, 15) is 0 Å².